The molecule has 1 fully saturated rings. The van der Waals surface area contributed by atoms with E-state index in [1.807, 2.05) is 0 Å². The highest BCUT2D eigenvalue weighted by molar-refractivity contribution is 7.88. The third-order valence-corrected chi connectivity index (χ3v) is 6.45. The molecule has 0 radical (unpaired) electrons. The summed E-state index contributed by atoms with van der Waals surface area (Å²) in [5.41, 5.74) is -0.790. The average molecular weight is 372 g/mol. The van der Waals surface area contributed by atoms with E-state index < -0.39 is 33.4 Å². The van der Waals surface area contributed by atoms with Crippen molar-refractivity contribution in [3.05, 3.63) is 17.4 Å². The van der Waals surface area contributed by atoms with Crippen LogP contribution >= 0.6 is 0 Å². The standard InChI is InChI=1S/C16H24N2O6S/c1-10-11(9-13(24-10)25(22,23)18(3)4)14(19)17-16(2)8-6-5-7-12(16)15(20)21/h9,12H,5-8H2,1-4H3,(H,17,19)(H,20,21). The van der Waals surface area contributed by atoms with Crippen molar-refractivity contribution < 1.29 is 27.5 Å². The first-order chi connectivity index (χ1) is 11.5. The van der Waals surface area contributed by atoms with E-state index in [1.54, 1.807) is 6.92 Å². The maximum atomic E-state index is 12.6. The summed E-state index contributed by atoms with van der Waals surface area (Å²) >= 11 is 0. The molecule has 25 heavy (non-hydrogen) atoms. The average Bonchev–Trinajstić information content (AvgIpc) is 2.89. The number of aliphatic carboxylic acids is 1. The largest absolute Gasteiger partial charge is 0.481 e. The zero-order chi connectivity index (χ0) is 19.0. The van der Waals surface area contributed by atoms with Crippen LogP contribution in [0.3, 0.4) is 0 Å². The fourth-order valence-electron chi connectivity index (χ4n) is 3.19. The Hall–Kier alpha value is -1.87. The number of furan rings is 1. The van der Waals surface area contributed by atoms with E-state index in [0.29, 0.717) is 12.8 Å². The molecule has 0 aliphatic heterocycles. The van der Waals surface area contributed by atoms with E-state index in [9.17, 15) is 23.1 Å². The summed E-state index contributed by atoms with van der Waals surface area (Å²) < 4.78 is 30.5. The summed E-state index contributed by atoms with van der Waals surface area (Å²) in [5.74, 6) is -1.98. The van der Waals surface area contributed by atoms with Gasteiger partial charge in [0.15, 0.2) is 0 Å². The van der Waals surface area contributed by atoms with Crippen LogP contribution in [0.15, 0.2) is 15.6 Å². The van der Waals surface area contributed by atoms with Gasteiger partial charge >= 0.3 is 5.97 Å². The lowest BCUT2D eigenvalue weighted by Crippen LogP contribution is -2.55. The van der Waals surface area contributed by atoms with Crippen LogP contribution in [-0.2, 0) is 14.8 Å². The van der Waals surface area contributed by atoms with Gasteiger partial charge in [-0.15, -0.1) is 0 Å². The number of carboxylic acids is 1. The molecule has 8 nitrogen and oxygen atoms in total. The molecule has 1 saturated carbocycles. The van der Waals surface area contributed by atoms with Crippen LogP contribution in [-0.4, -0.2) is 49.3 Å². The second-order valence-corrected chi connectivity index (χ2v) is 8.91. The van der Waals surface area contributed by atoms with Crippen molar-refractivity contribution >= 4 is 21.9 Å². The first-order valence-corrected chi connectivity index (χ1v) is 9.51. The second-order valence-electron chi connectivity index (χ2n) is 6.83. The fraction of sp³-hybridized carbons (Fsp3) is 0.625. The van der Waals surface area contributed by atoms with E-state index in [2.05, 4.69) is 5.32 Å². The normalized spacial score (nSPS) is 24.3. The minimum absolute atomic E-state index is 0.0939. The Morgan fingerprint density at radius 1 is 1.36 bits per heavy atom. The highest BCUT2D eigenvalue weighted by Crippen LogP contribution is 2.34. The zero-order valence-electron chi connectivity index (χ0n) is 14.8. The predicted octanol–water partition coefficient (Wildman–Crippen LogP) is 1.60. The molecular formula is C16H24N2O6S. The quantitative estimate of drug-likeness (QED) is 0.811. The minimum Gasteiger partial charge on any atom is -0.481 e. The van der Waals surface area contributed by atoms with E-state index in [1.165, 1.54) is 27.1 Å². The molecule has 0 aromatic carbocycles. The maximum Gasteiger partial charge on any atom is 0.308 e. The second kappa shape index (κ2) is 6.80. The number of sulfonamides is 1. The van der Waals surface area contributed by atoms with Crippen LogP contribution in [0.1, 0.15) is 48.7 Å². The van der Waals surface area contributed by atoms with E-state index in [0.717, 1.165) is 17.1 Å². The van der Waals surface area contributed by atoms with E-state index in [-0.39, 0.29) is 16.4 Å². The van der Waals surface area contributed by atoms with Crippen LogP contribution in [0.2, 0.25) is 0 Å². The van der Waals surface area contributed by atoms with Gasteiger partial charge < -0.3 is 14.8 Å². The molecule has 1 aliphatic carbocycles. The minimum atomic E-state index is -3.79. The Labute approximate surface area is 147 Å². The van der Waals surface area contributed by atoms with Gasteiger partial charge in [0.1, 0.15) is 5.76 Å². The van der Waals surface area contributed by atoms with Crippen molar-refractivity contribution in [2.24, 2.45) is 5.92 Å². The Kier molecular flexibility index (Phi) is 5.29. The lowest BCUT2D eigenvalue weighted by Gasteiger charge is -2.39. The number of nitrogens with one attached hydrogen (secondary N) is 1. The highest BCUT2D eigenvalue weighted by atomic mass is 32.2. The molecule has 2 atom stereocenters. The third-order valence-electron chi connectivity index (χ3n) is 4.78. The number of hydrogen-bond donors (Lipinski definition) is 2. The zero-order valence-corrected chi connectivity index (χ0v) is 15.6. The molecule has 1 aliphatic rings. The summed E-state index contributed by atoms with van der Waals surface area (Å²) in [4.78, 5) is 24.2. The molecule has 1 amide bonds. The fourth-order valence-corrected chi connectivity index (χ4v) is 4.05. The summed E-state index contributed by atoms with van der Waals surface area (Å²) in [6, 6.07) is 1.18. The first-order valence-electron chi connectivity index (χ1n) is 8.07. The van der Waals surface area contributed by atoms with E-state index in [4.69, 9.17) is 4.42 Å². The van der Waals surface area contributed by atoms with Gasteiger partial charge in [-0.2, -0.15) is 0 Å². The summed E-state index contributed by atoms with van der Waals surface area (Å²) in [7, 11) is -1.06. The number of rotatable bonds is 5. The molecule has 1 aromatic rings. The molecule has 0 spiro atoms. The highest BCUT2D eigenvalue weighted by Gasteiger charge is 2.42. The molecule has 9 heteroatoms. The Bertz CT molecular complexity index is 783. The lowest BCUT2D eigenvalue weighted by molar-refractivity contribution is -0.145. The van der Waals surface area contributed by atoms with Gasteiger partial charge in [-0.1, -0.05) is 12.8 Å². The van der Waals surface area contributed by atoms with Gasteiger partial charge in [-0.05, 0) is 26.7 Å². The Morgan fingerprint density at radius 3 is 2.56 bits per heavy atom. The smallest absolute Gasteiger partial charge is 0.308 e. The van der Waals surface area contributed by atoms with Crippen LogP contribution in [0.25, 0.3) is 0 Å². The van der Waals surface area contributed by atoms with Crippen molar-refractivity contribution in [3.63, 3.8) is 0 Å². The number of nitrogens with zero attached hydrogens (tertiary/aromatic N) is 1. The monoisotopic (exact) mass is 372 g/mol. The number of carbonyl (C=O) groups is 2. The Morgan fingerprint density at radius 2 is 2.00 bits per heavy atom. The summed E-state index contributed by atoms with van der Waals surface area (Å²) in [6.07, 6.45) is 2.68. The third kappa shape index (κ3) is 3.72. The lowest BCUT2D eigenvalue weighted by atomic mass is 9.73. The molecule has 1 aromatic heterocycles. The van der Waals surface area contributed by atoms with Crippen LogP contribution in [0.4, 0.5) is 0 Å². The van der Waals surface area contributed by atoms with Crippen molar-refractivity contribution in [1.29, 1.82) is 0 Å². The van der Waals surface area contributed by atoms with Crippen LogP contribution < -0.4 is 5.32 Å². The topological polar surface area (TPSA) is 117 Å². The summed E-state index contributed by atoms with van der Waals surface area (Å²) in [6.45, 7) is 3.22. The van der Waals surface area contributed by atoms with Gasteiger partial charge in [-0.3, -0.25) is 9.59 Å². The van der Waals surface area contributed by atoms with Gasteiger partial charge in [0.05, 0.1) is 17.0 Å². The van der Waals surface area contributed by atoms with Crippen molar-refractivity contribution in [1.82, 2.24) is 9.62 Å². The molecule has 2 unspecified atom stereocenters. The first kappa shape index (κ1) is 19.5. The molecule has 2 N–H and O–H groups in total. The molecule has 140 valence electrons. The molecule has 1 heterocycles. The van der Waals surface area contributed by atoms with Crippen LogP contribution in [0.5, 0.6) is 0 Å². The Balaban J connectivity index is 2.29. The SMILES string of the molecule is Cc1oc(S(=O)(=O)N(C)C)cc1C(=O)NC1(C)CCCCC1C(=O)O. The van der Waals surface area contributed by atoms with Crippen LogP contribution in [0, 0.1) is 12.8 Å². The van der Waals surface area contributed by atoms with Crippen molar-refractivity contribution in [3.8, 4) is 0 Å². The molecular weight excluding hydrogens is 348 g/mol. The van der Waals surface area contributed by atoms with Gasteiger partial charge in [0, 0.05) is 20.2 Å². The van der Waals surface area contributed by atoms with Gasteiger partial charge in [-0.25, -0.2) is 12.7 Å². The van der Waals surface area contributed by atoms with E-state index >= 15 is 0 Å². The summed E-state index contributed by atoms with van der Waals surface area (Å²) in [5, 5.41) is 11.9. The molecule has 0 saturated heterocycles. The molecule has 2 rings (SSSR count). The maximum absolute atomic E-state index is 12.6. The van der Waals surface area contributed by atoms with Crippen molar-refractivity contribution in [2.45, 2.75) is 50.2 Å². The number of hydrogen-bond acceptors (Lipinski definition) is 5. The molecule has 0 bridgehead atoms. The number of aryl methyl sites for hydroxylation is 1. The predicted molar refractivity (Wildman–Crippen MR) is 89.8 cm³/mol. The van der Waals surface area contributed by atoms with Gasteiger partial charge in [0.2, 0.25) is 5.09 Å². The number of carboxylic acid groups (broad SMARTS) is 1. The number of amides is 1. The van der Waals surface area contributed by atoms with Crippen molar-refractivity contribution in [2.75, 3.05) is 14.1 Å². The van der Waals surface area contributed by atoms with Gasteiger partial charge in [0.25, 0.3) is 15.9 Å². The number of carbonyl (C=O) groups excluding carboxylic acids is 1.